The summed E-state index contributed by atoms with van der Waals surface area (Å²) in [4.78, 5) is 27.3. The van der Waals surface area contributed by atoms with Crippen LogP contribution < -0.4 is 22.1 Å². The van der Waals surface area contributed by atoms with E-state index >= 15 is 0 Å². The Morgan fingerprint density at radius 3 is 2.62 bits per heavy atom. The van der Waals surface area contributed by atoms with Crippen LogP contribution in [0.1, 0.15) is 29.0 Å². The van der Waals surface area contributed by atoms with E-state index in [2.05, 4.69) is 20.0 Å². The topological polar surface area (TPSA) is 136 Å². The van der Waals surface area contributed by atoms with Gasteiger partial charge < -0.3 is 22.1 Å². The molecule has 2 aromatic rings. The fourth-order valence-corrected chi connectivity index (χ4v) is 3.09. The van der Waals surface area contributed by atoms with E-state index in [1.54, 1.807) is 6.07 Å². The first-order chi connectivity index (χ1) is 11.4. The van der Waals surface area contributed by atoms with E-state index in [0.717, 1.165) is 23.5 Å². The Morgan fingerprint density at radius 1 is 1.33 bits per heavy atom. The van der Waals surface area contributed by atoms with Gasteiger partial charge in [0.25, 0.3) is 5.91 Å². The SMILES string of the molecule is Cc1cc(Nc2cc(N[C@@H](C(N)=O)C3CC3)cnc2C(N)=O)sn1. The molecule has 1 fully saturated rings. The second-order valence-corrected chi connectivity index (χ2v) is 6.61. The van der Waals surface area contributed by atoms with Crippen LogP contribution in [0.25, 0.3) is 0 Å². The van der Waals surface area contributed by atoms with Crippen molar-refractivity contribution < 1.29 is 9.59 Å². The van der Waals surface area contributed by atoms with Crippen molar-refractivity contribution in [2.45, 2.75) is 25.8 Å². The Kier molecular flexibility index (Phi) is 4.34. The van der Waals surface area contributed by atoms with Crippen molar-refractivity contribution in [3.05, 3.63) is 29.7 Å². The van der Waals surface area contributed by atoms with Gasteiger partial charge in [-0.2, -0.15) is 4.37 Å². The summed E-state index contributed by atoms with van der Waals surface area (Å²) in [6.45, 7) is 1.87. The number of hydrogen-bond acceptors (Lipinski definition) is 7. The first-order valence-electron chi connectivity index (χ1n) is 7.50. The number of aromatic nitrogens is 2. The minimum absolute atomic E-state index is 0.119. The lowest BCUT2D eigenvalue weighted by molar-refractivity contribution is -0.119. The summed E-state index contributed by atoms with van der Waals surface area (Å²) in [5, 5.41) is 6.96. The second kappa shape index (κ2) is 6.44. The van der Waals surface area contributed by atoms with Gasteiger partial charge in [-0.05, 0) is 49.3 Å². The monoisotopic (exact) mass is 346 g/mol. The number of rotatable bonds is 7. The maximum atomic E-state index is 11.6. The normalized spacial score (nSPS) is 14.9. The molecular formula is C15H18N6O2S. The quantitative estimate of drug-likeness (QED) is 0.597. The smallest absolute Gasteiger partial charge is 0.269 e. The van der Waals surface area contributed by atoms with Gasteiger partial charge in [-0.3, -0.25) is 9.59 Å². The molecule has 0 bridgehead atoms. The summed E-state index contributed by atoms with van der Waals surface area (Å²) in [7, 11) is 0. The van der Waals surface area contributed by atoms with E-state index < -0.39 is 17.9 Å². The van der Waals surface area contributed by atoms with Gasteiger partial charge in [0.1, 0.15) is 11.0 Å². The molecule has 0 aliphatic heterocycles. The average molecular weight is 346 g/mol. The summed E-state index contributed by atoms with van der Waals surface area (Å²) < 4.78 is 4.18. The van der Waals surface area contributed by atoms with Crippen molar-refractivity contribution in [3.63, 3.8) is 0 Å². The number of aryl methyl sites for hydroxylation is 1. The zero-order valence-corrected chi connectivity index (χ0v) is 13.9. The number of carbonyl (C=O) groups excluding carboxylic acids is 2. The lowest BCUT2D eigenvalue weighted by Crippen LogP contribution is -2.37. The summed E-state index contributed by atoms with van der Waals surface area (Å²) in [5.74, 6) is -0.790. The number of anilines is 3. The number of nitrogens with zero attached hydrogens (tertiary/aromatic N) is 2. The highest BCUT2D eigenvalue weighted by Gasteiger charge is 2.35. The Morgan fingerprint density at radius 2 is 2.08 bits per heavy atom. The number of pyridine rings is 1. The molecule has 24 heavy (non-hydrogen) atoms. The van der Waals surface area contributed by atoms with Crippen LogP contribution in [-0.4, -0.2) is 27.2 Å². The van der Waals surface area contributed by atoms with Crippen LogP contribution >= 0.6 is 11.5 Å². The van der Waals surface area contributed by atoms with Crippen molar-refractivity contribution in [3.8, 4) is 0 Å². The van der Waals surface area contributed by atoms with E-state index in [1.165, 1.54) is 17.7 Å². The van der Waals surface area contributed by atoms with E-state index in [1.807, 2.05) is 13.0 Å². The molecule has 2 amide bonds. The third kappa shape index (κ3) is 3.62. The largest absolute Gasteiger partial charge is 0.372 e. The van der Waals surface area contributed by atoms with E-state index in [9.17, 15) is 9.59 Å². The zero-order chi connectivity index (χ0) is 17.3. The van der Waals surface area contributed by atoms with E-state index in [4.69, 9.17) is 11.5 Å². The van der Waals surface area contributed by atoms with Gasteiger partial charge >= 0.3 is 0 Å². The number of nitrogens with one attached hydrogen (secondary N) is 2. The van der Waals surface area contributed by atoms with Crippen molar-refractivity contribution in [2.24, 2.45) is 17.4 Å². The third-order valence-corrected chi connectivity index (χ3v) is 4.52. The van der Waals surface area contributed by atoms with E-state index in [-0.39, 0.29) is 11.6 Å². The molecule has 1 atom stereocenters. The molecule has 0 unspecified atom stereocenters. The Bertz CT molecular complexity index is 786. The predicted molar refractivity (Wildman–Crippen MR) is 92.2 cm³/mol. The molecule has 126 valence electrons. The number of carbonyl (C=O) groups is 2. The van der Waals surface area contributed by atoms with Gasteiger partial charge in [-0.1, -0.05) is 0 Å². The first-order valence-corrected chi connectivity index (χ1v) is 8.27. The van der Waals surface area contributed by atoms with Crippen molar-refractivity contribution in [2.75, 3.05) is 10.6 Å². The maximum Gasteiger partial charge on any atom is 0.269 e. The highest BCUT2D eigenvalue weighted by Crippen LogP contribution is 2.34. The minimum Gasteiger partial charge on any atom is -0.372 e. The van der Waals surface area contributed by atoms with Crippen molar-refractivity contribution >= 4 is 39.7 Å². The lowest BCUT2D eigenvalue weighted by Gasteiger charge is -2.17. The molecular weight excluding hydrogens is 328 g/mol. The molecule has 0 aromatic carbocycles. The van der Waals surface area contributed by atoms with Gasteiger partial charge in [0.2, 0.25) is 5.91 Å². The van der Waals surface area contributed by atoms with Crippen LogP contribution in [0.2, 0.25) is 0 Å². The molecule has 0 spiro atoms. The molecule has 2 heterocycles. The van der Waals surface area contributed by atoms with Gasteiger partial charge in [0.15, 0.2) is 5.69 Å². The van der Waals surface area contributed by atoms with Crippen LogP contribution in [0.15, 0.2) is 18.3 Å². The molecule has 3 rings (SSSR count). The minimum atomic E-state index is -0.640. The molecule has 2 aromatic heterocycles. The first kappa shape index (κ1) is 16.2. The molecule has 1 saturated carbocycles. The number of hydrogen-bond donors (Lipinski definition) is 4. The Balaban J connectivity index is 1.87. The van der Waals surface area contributed by atoms with Crippen LogP contribution in [0.3, 0.4) is 0 Å². The number of amides is 2. The molecule has 8 nitrogen and oxygen atoms in total. The summed E-state index contributed by atoms with van der Waals surface area (Å²) in [5.41, 5.74) is 12.9. The third-order valence-electron chi connectivity index (χ3n) is 3.73. The molecule has 1 aliphatic rings. The fourth-order valence-electron chi connectivity index (χ4n) is 2.42. The van der Waals surface area contributed by atoms with E-state index in [0.29, 0.717) is 11.4 Å². The second-order valence-electron chi connectivity index (χ2n) is 5.80. The maximum absolute atomic E-state index is 11.6. The van der Waals surface area contributed by atoms with Crippen LogP contribution in [0, 0.1) is 12.8 Å². The zero-order valence-electron chi connectivity index (χ0n) is 13.1. The van der Waals surface area contributed by atoms with Crippen molar-refractivity contribution in [1.82, 2.24) is 9.36 Å². The standard InChI is InChI=1S/C15H18N6O2S/c1-7-4-11(24-21-7)20-10-5-9(6-18-13(10)15(17)23)19-12(14(16)22)8-2-3-8/h4-6,8,12,19-20H,2-3H2,1H3,(H2,16,22)(H2,17,23)/t12-/m1/s1. The Labute approximate surface area is 142 Å². The molecule has 0 radical (unpaired) electrons. The molecule has 0 saturated heterocycles. The lowest BCUT2D eigenvalue weighted by atomic mass is 10.1. The van der Waals surface area contributed by atoms with Crippen LogP contribution in [0.5, 0.6) is 0 Å². The fraction of sp³-hybridized carbons (Fsp3) is 0.333. The van der Waals surface area contributed by atoms with Gasteiger partial charge in [0, 0.05) is 0 Å². The Hall–Kier alpha value is -2.68. The summed E-state index contributed by atoms with van der Waals surface area (Å²) in [6.07, 6.45) is 3.42. The van der Waals surface area contributed by atoms with Gasteiger partial charge in [-0.25, -0.2) is 4.98 Å². The molecule has 9 heteroatoms. The summed E-state index contributed by atoms with van der Waals surface area (Å²) in [6, 6.07) is 3.11. The predicted octanol–water partition coefficient (Wildman–Crippen LogP) is 1.36. The average Bonchev–Trinajstić information content (AvgIpc) is 3.27. The van der Waals surface area contributed by atoms with Gasteiger partial charge in [-0.15, -0.1) is 0 Å². The van der Waals surface area contributed by atoms with Crippen LogP contribution in [0.4, 0.5) is 16.4 Å². The van der Waals surface area contributed by atoms with Gasteiger partial charge in [0.05, 0.1) is 23.3 Å². The van der Waals surface area contributed by atoms with Crippen molar-refractivity contribution in [1.29, 1.82) is 0 Å². The highest BCUT2D eigenvalue weighted by molar-refractivity contribution is 7.10. The molecule has 1 aliphatic carbocycles. The molecule has 6 N–H and O–H groups in total. The highest BCUT2D eigenvalue weighted by atomic mass is 32.1. The van der Waals surface area contributed by atoms with Crippen LogP contribution in [-0.2, 0) is 4.79 Å². The summed E-state index contributed by atoms with van der Waals surface area (Å²) >= 11 is 1.27. The number of nitrogens with two attached hydrogens (primary N) is 2. The number of primary amides is 2.